The molecule has 3 unspecified atom stereocenters. The summed E-state index contributed by atoms with van der Waals surface area (Å²) in [6.45, 7) is 4.53. The van der Waals surface area contributed by atoms with Gasteiger partial charge in [0.1, 0.15) is 5.78 Å². The van der Waals surface area contributed by atoms with Gasteiger partial charge in [-0.2, -0.15) is 0 Å². The van der Waals surface area contributed by atoms with E-state index in [1.165, 1.54) is 19.3 Å². The van der Waals surface area contributed by atoms with Crippen LogP contribution >= 0.6 is 0 Å². The van der Waals surface area contributed by atoms with E-state index in [1.54, 1.807) is 12.4 Å². The molecule has 4 aliphatic rings. The van der Waals surface area contributed by atoms with Gasteiger partial charge in [-0.05, 0) is 73.5 Å². The van der Waals surface area contributed by atoms with E-state index in [-0.39, 0.29) is 11.3 Å². The Morgan fingerprint density at radius 1 is 1.19 bits per heavy atom. The molecule has 1 aromatic rings. The van der Waals surface area contributed by atoms with E-state index in [9.17, 15) is 4.79 Å². The van der Waals surface area contributed by atoms with Crippen LogP contribution in [0.15, 0.2) is 24.5 Å². The van der Waals surface area contributed by atoms with E-state index >= 15 is 0 Å². The predicted octanol–water partition coefficient (Wildman–Crippen LogP) is 4.36. The van der Waals surface area contributed by atoms with Gasteiger partial charge in [0.05, 0.1) is 0 Å². The molecule has 5 rings (SSSR count). The third-order valence-electron chi connectivity index (χ3n) is 6.48. The monoisotopic (exact) mass is 283 g/mol. The van der Waals surface area contributed by atoms with Crippen molar-refractivity contribution in [3.05, 3.63) is 30.1 Å². The van der Waals surface area contributed by atoms with E-state index in [4.69, 9.17) is 0 Å². The van der Waals surface area contributed by atoms with Gasteiger partial charge in [0, 0.05) is 23.7 Å². The lowest BCUT2D eigenvalue weighted by Crippen LogP contribution is -2.54. The molecule has 0 N–H and O–H groups in total. The molecule has 4 saturated carbocycles. The van der Waals surface area contributed by atoms with Crippen LogP contribution in [0.3, 0.4) is 0 Å². The van der Waals surface area contributed by atoms with Crippen LogP contribution in [0, 0.1) is 22.7 Å². The molecule has 0 spiro atoms. The molecule has 0 radical (unpaired) electrons. The fourth-order valence-corrected chi connectivity index (χ4v) is 6.27. The molecule has 21 heavy (non-hydrogen) atoms. The van der Waals surface area contributed by atoms with E-state index in [0.29, 0.717) is 11.2 Å². The topological polar surface area (TPSA) is 30.0 Å². The molecule has 0 aliphatic heterocycles. The van der Waals surface area contributed by atoms with Crippen LogP contribution in [0.25, 0.3) is 0 Å². The van der Waals surface area contributed by atoms with Gasteiger partial charge in [0.25, 0.3) is 0 Å². The Bertz CT molecular complexity index is 550. The smallest absolute Gasteiger partial charge is 0.146 e. The molecule has 2 heteroatoms. The highest BCUT2D eigenvalue weighted by atomic mass is 16.1. The molecule has 1 heterocycles. The molecule has 4 fully saturated rings. The van der Waals surface area contributed by atoms with E-state index in [1.807, 2.05) is 12.1 Å². The number of carbonyl (C=O) groups is 1. The zero-order valence-corrected chi connectivity index (χ0v) is 13.1. The first-order valence-corrected chi connectivity index (χ1v) is 8.44. The molecule has 1 aromatic heterocycles. The normalized spacial score (nSPS) is 42.0. The highest BCUT2D eigenvalue weighted by molar-refractivity contribution is 5.91. The first kappa shape index (κ1) is 13.5. The molecular weight excluding hydrogens is 258 g/mol. The third-order valence-corrected chi connectivity index (χ3v) is 6.48. The average Bonchev–Trinajstić information content (AvgIpc) is 2.44. The second kappa shape index (κ2) is 4.41. The van der Waals surface area contributed by atoms with Crippen LogP contribution in [0.4, 0.5) is 0 Å². The summed E-state index contributed by atoms with van der Waals surface area (Å²) in [5, 5.41) is 0. The lowest BCUT2D eigenvalue weighted by atomic mass is 9.43. The summed E-state index contributed by atoms with van der Waals surface area (Å²) in [7, 11) is 0. The molecule has 4 bridgehead atoms. The number of nitrogens with zero attached hydrogens (tertiary/aromatic N) is 1. The van der Waals surface area contributed by atoms with Crippen molar-refractivity contribution in [2.24, 2.45) is 22.7 Å². The van der Waals surface area contributed by atoms with Crippen molar-refractivity contribution in [1.82, 2.24) is 4.98 Å². The molecule has 112 valence electrons. The second-order valence-electron chi connectivity index (χ2n) is 8.42. The Morgan fingerprint density at radius 3 is 2.38 bits per heavy atom. The van der Waals surface area contributed by atoms with Crippen molar-refractivity contribution in [2.45, 2.75) is 58.3 Å². The first-order valence-electron chi connectivity index (χ1n) is 8.44. The van der Waals surface area contributed by atoms with Crippen LogP contribution in [0.5, 0.6) is 0 Å². The summed E-state index contributed by atoms with van der Waals surface area (Å²) in [4.78, 5) is 17.4. The number of aromatic nitrogens is 1. The molecule has 0 amide bonds. The van der Waals surface area contributed by atoms with Gasteiger partial charge >= 0.3 is 0 Å². The fourth-order valence-electron chi connectivity index (χ4n) is 6.27. The fraction of sp³-hybridized carbons (Fsp3) is 0.684. The molecule has 2 nitrogen and oxygen atoms in total. The van der Waals surface area contributed by atoms with Crippen molar-refractivity contribution >= 4 is 5.78 Å². The zero-order valence-electron chi connectivity index (χ0n) is 13.1. The summed E-state index contributed by atoms with van der Waals surface area (Å²) in [6.07, 6.45) is 11.2. The maximum atomic E-state index is 13.3. The number of ketones is 1. The molecular formula is C19H25NO. The largest absolute Gasteiger partial charge is 0.298 e. The van der Waals surface area contributed by atoms with Crippen molar-refractivity contribution < 1.29 is 4.79 Å². The van der Waals surface area contributed by atoms with E-state index < -0.39 is 0 Å². The summed E-state index contributed by atoms with van der Waals surface area (Å²) in [6, 6.07) is 4.01. The number of hydrogen-bond donors (Lipinski definition) is 0. The summed E-state index contributed by atoms with van der Waals surface area (Å²) in [5.41, 5.74) is 1.56. The highest BCUT2D eigenvalue weighted by Gasteiger charge is 2.59. The SMILES string of the molecule is CC(C(=O)C12CC3CC(CC(C)(C3)C1)C2)c1ccncc1. The van der Waals surface area contributed by atoms with Crippen LogP contribution in [0.1, 0.15) is 63.9 Å². The molecule has 4 aliphatic carbocycles. The Kier molecular flexibility index (Phi) is 2.83. The molecule has 0 aromatic carbocycles. The van der Waals surface area contributed by atoms with Gasteiger partial charge in [0.2, 0.25) is 0 Å². The van der Waals surface area contributed by atoms with Crippen LogP contribution in [-0.2, 0) is 4.79 Å². The summed E-state index contributed by atoms with van der Waals surface area (Å²) in [5.74, 6) is 2.15. The maximum absolute atomic E-state index is 13.3. The number of hydrogen-bond acceptors (Lipinski definition) is 2. The Balaban J connectivity index is 1.65. The number of pyridine rings is 1. The van der Waals surface area contributed by atoms with E-state index in [2.05, 4.69) is 18.8 Å². The van der Waals surface area contributed by atoms with Gasteiger partial charge in [-0.3, -0.25) is 9.78 Å². The van der Waals surface area contributed by atoms with E-state index in [0.717, 1.165) is 36.7 Å². The van der Waals surface area contributed by atoms with Crippen LogP contribution in [0.2, 0.25) is 0 Å². The summed E-state index contributed by atoms with van der Waals surface area (Å²) >= 11 is 0. The lowest BCUT2D eigenvalue weighted by Gasteiger charge is -2.61. The standard InChI is InChI=1S/C19H25NO/c1-13(16-3-5-20-6-4-16)17(21)19-10-14-7-15(11-19)9-18(2,8-14)12-19/h3-6,13-15H,7-12H2,1-2H3. The van der Waals surface area contributed by atoms with Crippen molar-refractivity contribution in [3.63, 3.8) is 0 Å². The average molecular weight is 283 g/mol. The third kappa shape index (κ3) is 2.06. The summed E-state index contributed by atoms with van der Waals surface area (Å²) < 4.78 is 0. The Labute approximate surface area is 127 Å². The van der Waals surface area contributed by atoms with Gasteiger partial charge in [-0.15, -0.1) is 0 Å². The quantitative estimate of drug-likeness (QED) is 0.825. The highest BCUT2D eigenvalue weighted by Crippen LogP contribution is 2.66. The first-order chi connectivity index (χ1) is 10.00. The lowest BCUT2D eigenvalue weighted by molar-refractivity contribution is -0.154. The molecule has 3 atom stereocenters. The van der Waals surface area contributed by atoms with Crippen LogP contribution < -0.4 is 0 Å². The van der Waals surface area contributed by atoms with Crippen LogP contribution in [-0.4, -0.2) is 10.8 Å². The predicted molar refractivity (Wildman–Crippen MR) is 82.9 cm³/mol. The van der Waals surface area contributed by atoms with Crippen molar-refractivity contribution in [2.75, 3.05) is 0 Å². The Hall–Kier alpha value is -1.18. The number of rotatable bonds is 3. The number of Topliss-reactive ketones (excluding diaryl/α,β-unsaturated/α-hetero) is 1. The zero-order chi connectivity index (χ0) is 14.7. The van der Waals surface area contributed by atoms with Crippen molar-refractivity contribution in [3.8, 4) is 0 Å². The van der Waals surface area contributed by atoms with Gasteiger partial charge in [0.15, 0.2) is 0 Å². The minimum atomic E-state index is -0.0124. The van der Waals surface area contributed by atoms with Gasteiger partial charge < -0.3 is 0 Å². The van der Waals surface area contributed by atoms with Gasteiger partial charge in [-0.1, -0.05) is 13.8 Å². The minimum absolute atomic E-state index is 0.0124. The molecule has 0 saturated heterocycles. The Morgan fingerprint density at radius 2 is 1.81 bits per heavy atom. The second-order valence-corrected chi connectivity index (χ2v) is 8.42. The van der Waals surface area contributed by atoms with Gasteiger partial charge in [-0.25, -0.2) is 0 Å². The maximum Gasteiger partial charge on any atom is 0.146 e. The van der Waals surface area contributed by atoms with Crippen molar-refractivity contribution in [1.29, 1.82) is 0 Å². The minimum Gasteiger partial charge on any atom is -0.298 e. The number of carbonyl (C=O) groups excluding carboxylic acids is 1.